The fourth-order valence-corrected chi connectivity index (χ4v) is 1.50. The van der Waals surface area contributed by atoms with Crippen LogP contribution in [0.1, 0.15) is 29.9 Å². The molecule has 2 heterocycles. The molecule has 0 unspecified atom stereocenters. The van der Waals surface area contributed by atoms with Crippen molar-refractivity contribution in [3.63, 3.8) is 0 Å². The van der Waals surface area contributed by atoms with Crippen LogP contribution in [0.25, 0.3) is 0 Å². The molecule has 0 aliphatic carbocycles. The molecule has 70 valence electrons. The number of imidazole rings is 1. The maximum atomic E-state index is 10.6. The molecule has 0 amide bonds. The monoisotopic (exact) mass is 181 g/mol. The van der Waals surface area contributed by atoms with Gasteiger partial charge in [0.15, 0.2) is 5.69 Å². The topological polar surface area (TPSA) is 67.2 Å². The van der Waals surface area contributed by atoms with Crippen LogP contribution in [0.4, 0.5) is 5.95 Å². The van der Waals surface area contributed by atoms with Crippen molar-refractivity contribution in [2.45, 2.75) is 19.4 Å². The van der Waals surface area contributed by atoms with Gasteiger partial charge >= 0.3 is 5.97 Å². The number of rotatable bonds is 1. The van der Waals surface area contributed by atoms with Gasteiger partial charge < -0.3 is 15.0 Å². The number of nitrogens with zero attached hydrogens (tertiary/aromatic N) is 2. The van der Waals surface area contributed by atoms with Gasteiger partial charge in [-0.1, -0.05) is 0 Å². The Morgan fingerprint density at radius 1 is 1.85 bits per heavy atom. The number of aromatic nitrogens is 2. The second kappa shape index (κ2) is 2.76. The number of carbonyl (C=O) groups is 1. The molecule has 1 aliphatic heterocycles. The molecule has 2 N–H and O–H groups in total. The first-order chi connectivity index (χ1) is 6.18. The molecule has 0 fully saturated rings. The summed E-state index contributed by atoms with van der Waals surface area (Å²) < 4.78 is 1.87. The third-order valence-electron chi connectivity index (χ3n) is 2.27. The first-order valence-corrected chi connectivity index (χ1v) is 4.24. The third kappa shape index (κ3) is 1.26. The molecule has 1 atom stereocenters. The molecular formula is C8H11N3O2. The predicted octanol–water partition coefficient (Wildman–Crippen LogP) is 0.958. The van der Waals surface area contributed by atoms with Crippen LogP contribution >= 0.6 is 0 Å². The molecule has 0 spiro atoms. The van der Waals surface area contributed by atoms with Crippen LogP contribution in [-0.4, -0.2) is 27.2 Å². The summed E-state index contributed by atoms with van der Waals surface area (Å²) in [6.45, 7) is 2.91. The summed E-state index contributed by atoms with van der Waals surface area (Å²) in [5.74, 6) is -0.313. The zero-order valence-electron chi connectivity index (χ0n) is 7.32. The van der Waals surface area contributed by atoms with E-state index < -0.39 is 5.97 Å². The summed E-state index contributed by atoms with van der Waals surface area (Å²) in [7, 11) is 0. The lowest BCUT2D eigenvalue weighted by molar-refractivity contribution is 0.0691. The van der Waals surface area contributed by atoms with Crippen molar-refractivity contribution < 1.29 is 9.90 Å². The Kier molecular flexibility index (Phi) is 1.72. The summed E-state index contributed by atoms with van der Waals surface area (Å²) in [5, 5.41) is 11.8. The first kappa shape index (κ1) is 8.10. The number of fused-ring (bicyclic) bond motifs is 1. The Labute approximate surface area is 75.4 Å². The molecular weight excluding hydrogens is 170 g/mol. The standard InChI is InChI=1S/C8H11N3O2/c1-5-2-3-9-8-10-6(7(12)13)4-11(5)8/h4-5H,2-3H2,1H3,(H,9,10)(H,12,13)/t5-/m1/s1. The fourth-order valence-electron chi connectivity index (χ4n) is 1.50. The zero-order valence-corrected chi connectivity index (χ0v) is 7.32. The number of aromatic carboxylic acids is 1. The maximum Gasteiger partial charge on any atom is 0.356 e. The molecule has 5 heteroatoms. The summed E-state index contributed by atoms with van der Waals surface area (Å²) in [6.07, 6.45) is 2.58. The van der Waals surface area contributed by atoms with Crippen molar-refractivity contribution in [1.82, 2.24) is 9.55 Å². The van der Waals surface area contributed by atoms with Crippen molar-refractivity contribution >= 4 is 11.9 Å². The lowest BCUT2D eigenvalue weighted by atomic mass is 10.2. The van der Waals surface area contributed by atoms with Crippen LogP contribution < -0.4 is 5.32 Å². The van der Waals surface area contributed by atoms with E-state index in [0.717, 1.165) is 13.0 Å². The number of hydrogen-bond acceptors (Lipinski definition) is 3. The number of anilines is 1. The molecule has 0 aromatic carbocycles. The average Bonchev–Trinajstić information content (AvgIpc) is 2.49. The van der Waals surface area contributed by atoms with Gasteiger partial charge in [0, 0.05) is 18.8 Å². The van der Waals surface area contributed by atoms with Gasteiger partial charge in [0.05, 0.1) is 0 Å². The van der Waals surface area contributed by atoms with Gasteiger partial charge in [0.2, 0.25) is 5.95 Å². The quantitative estimate of drug-likeness (QED) is 0.677. The Morgan fingerprint density at radius 2 is 2.62 bits per heavy atom. The fraction of sp³-hybridized carbons (Fsp3) is 0.500. The SMILES string of the molecule is C[C@@H]1CCNc2nc(C(=O)O)cn21. The van der Waals surface area contributed by atoms with Gasteiger partial charge in [-0.25, -0.2) is 9.78 Å². The van der Waals surface area contributed by atoms with E-state index in [4.69, 9.17) is 5.11 Å². The molecule has 1 aliphatic rings. The van der Waals surface area contributed by atoms with Gasteiger partial charge in [-0.3, -0.25) is 0 Å². The average molecular weight is 181 g/mol. The Balaban J connectivity index is 2.42. The van der Waals surface area contributed by atoms with E-state index in [1.165, 1.54) is 0 Å². The maximum absolute atomic E-state index is 10.6. The van der Waals surface area contributed by atoms with Gasteiger partial charge in [-0.05, 0) is 13.3 Å². The van der Waals surface area contributed by atoms with E-state index in [9.17, 15) is 4.79 Å². The Bertz CT molecular complexity index is 345. The van der Waals surface area contributed by atoms with Gasteiger partial charge in [-0.2, -0.15) is 0 Å². The second-order valence-corrected chi connectivity index (χ2v) is 3.23. The van der Waals surface area contributed by atoms with Crippen molar-refractivity contribution in [3.05, 3.63) is 11.9 Å². The minimum atomic E-state index is -0.976. The highest BCUT2D eigenvalue weighted by molar-refractivity contribution is 5.85. The van der Waals surface area contributed by atoms with E-state index in [1.807, 2.05) is 4.57 Å². The zero-order chi connectivity index (χ0) is 9.42. The van der Waals surface area contributed by atoms with E-state index in [-0.39, 0.29) is 5.69 Å². The Morgan fingerprint density at radius 3 is 3.23 bits per heavy atom. The highest BCUT2D eigenvalue weighted by Gasteiger charge is 2.19. The number of carboxylic acid groups (broad SMARTS) is 1. The summed E-state index contributed by atoms with van der Waals surface area (Å²) in [4.78, 5) is 14.6. The molecule has 1 aromatic heterocycles. The lowest BCUT2D eigenvalue weighted by Crippen LogP contribution is -2.20. The van der Waals surface area contributed by atoms with Crippen molar-refractivity contribution in [2.75, 3.05) is 11.9 Å². The van der Waals surface area contributed by atoms with Gasteiger partial charge in [-0.15, -0.1) is 0 Å². The van der Waals surface area contributed by atoms with Gasteiger partial charge in [0.1, 0.15) is 0 Å². The minimum absolute atomic E-state index is 0.108. The smallest absolute Gasteiger partial charge is 0.356 e. The molecule has 0 saturated carbocycles. The van der Waals surface area contributed by atoms with E-state index in [0.29, 0.717) is 12.0 Å². The summed E-state index contributed by atoms with van der Waals surface area (Å²) in [5.41, 5.74) is 0.108. The largest absolute Gasteiger partial charge is 0.476 e. The normalized spacial score (nSPS) is 20.5. The van der Waals surface area contributed by atoms with Crippen LogP contribution in [0.3, 0.4) is 0 Å². The molecule has 0 radical (unpaired) electrons. The number of nitrogens with one attached hydrogen (secondary N) is 1. The van der Waals surface area contributed by atoms with Crippen LogP contribution in [0, 0.1) is 0 Å². The summed E-state index contributed by atoms with van der Waals surface area (Å²) >= 11 is 0. The molecule has 13 heavy (non-hydrogen) atoms. The third-order valence-corrected chi connectivity index (χ3v) is 2.27. The van der Waals surface area contributed by atoms with Crippen LogP contribution in [0.15, 0.2) is 6.20 Å². The molecule has 1 aromatic rings. The van der Waals surface area contributed by atoms with Crippen molar-refractivity contribution in [3.8, 4) is 0 Å². The molecule has 5 nitrogen and oxygen atoms in total. The highest BCUT2D eigenvalue weighted by Crippen LogP contribution is 2.22. The number of carboxylic acids is 1. The van der Waals surface area contributed by atoms with Crippen molar-refractivity contribution in [1.29, 1.82) is 0 Å². The van der Waals surface area contributed by atoms with Crippen LogP contribution in [0.2, 0.25) is 0 Å². The molecule has 2 rings (SSSR count). The second-order valence-electron chi connectivity index (χ2n) is 3.23. The van der Waals surface area contributed by atoms with E-state index in [1.54, 1.807) is 6.20 Å². The Hall–Kier alpha value is -1.52. The van der Waals surface area contributed by atoms with Crippen molar-refractivity contribution in [2.24, 2.45) is 0 Å². The number of hydrogen-bond donors (Lipinski definition) is 2. The minimum Gasteiger partial charge on any atom is -0.476 e. The van der Waals surface area contributed by atoms with Crippen LogP contribution in [0.5, 0.6) is 0 Å². The predicted molar refractivity (Wildman–Crippen MR) is 47.0 cm³/mol. The van der Waals surface area contributed by atoms with Crippen LogP contribution in [-0.2, 0) is 0 Å². The highest BCUT2D eigenvalue weighted by atomic mass is 16.4. The van der Waals surface area contributed by atoms with E-state index in [2.05, 4.69) is 17.2 Å². The van der Waals surface area contributed by atoms with Gasteiger partial charge in [0.25, 0.3) is 0 Å². The molecule has 0 saturated heterocycles. The lowest BCUT2D eigenvalue weighted by Gasteiger charge is -2.22. The molecule has 0 bridgehead atoms. The summed E-state index contributed by atoms with van der Waals surface area (Å²) in [6, 6.07) is 0.330. The van der Waals surface area contributed by atoms with E-state index >= 15 is 0 Å². The first-order valence-electron chi connectivity index (χ1n) is 4.24.